The smallest absolute Gasteiger partial charge is 0.244 e. The van der Waals surface area contributed by atoms with Crippen LogP contribution in [0.25, 0.3) is 0 Å². The molecule has 0 fully saturated rings. The molecule has 0 saturated heterocycles. The quantitative estimate of drug-likeness (QED) is 0.904. The maximum absolute atomic E-state index is 13.1. The second-order valence-corrected chi connectivity index (χ2v) is 5.96. The Bertz CT molecular complexity index is 793. The summed E-state index contributed by atoms with van der Waals surface area (Å²) in [6, 6.07) is 9.46. The first kappa shape index (κ1) is 17.9. The van der Waals surface area contributed by atoms with Crippen molar-refractivity contribution in [3.8, 4) is 0 Å². The highest BCUT2D eigenvalue weighted by molar-refractivity contribution is 6.31. The molecule has 2 rings (SSSR count). The largest absolute Gasteiger partial charge is 0.324 e. The lowest BCUT2D eigenvalue weighted by atomic mass is 10.1. The van der Waals surface area contributed by atoms with Crippen molar-refractivity contribution in [2.75, 3.05) is 16.8 Å². The number of anilines is 2. The highest BCUT2D eigenvalue weighted by Crippen LogP contribution is 2.21. The molecule has 0 aliphatic carbocycles. The topological polar surface area (TPSA) is 49.4 Å². The molecule has 1 N–H and O–H groups in total. The van der Waals surface area contributed by atoms with Crippen LogP contribution in [0.4, 0.5) is 15.8 Å². The fraction of sp³-hybridized carbons (Fsp3) is 0.222. The van der Waals surface area contributed by atoms with Crippen LogP contribution in [0.2, 0.25) is 5.02 Å². The van der Waals surface area contributed by atoms with Gasteiger partial charge in [0.2, 0.25) is 11.8 Å². The van der Waals surface area contributed by atoms with Crippen LogP contribution in [0.15, 0.2) is 36.4 Å². The number of carbonyl (C=O) groups excluding carboxylic acids is 2. The van der Waals surface area contributed by atoms with Crippen LogP contribution < -0.4 is 10.2 Å². The molecule has 0 radical (unpaired) electrons. The van der Waals surface area contributed by atoms with Crippen molar-refractivity contribution in [3.63, 3.8) is 0 Å². The van der Waals surface area contributed by atoms with Gasteiger partial charge in [-0.3, -0.25) is 9.59 Å². The Labute approximate surface area is 145 Å². The molecule has 0 spiro atoms. The number of rotatable bonds is 4. The van der Waals surface area contributed by atoms with Crippen LogP contribution in [0.5, 0.6) is 0 Å². The number of hydrogen-bond acceptors (Lipinski definition) is 2. The van der Waals surface area contributed by atoms with Crippen LogP contribution in [0.1, 0.15) is 18.1 Å². The van der Waals surface area contributed by atoms with E-state index in [9.17, 15) is 14.0 Å². The van der Waals surface area contributed by atoms with Crippen molar-refractivity contribution >= 4 is 34.8 Å². The Kier molecular flexibility index (Phi) is 5.57. The zero-order valence-electron chi connectivity index (χ0n) is 13.7. The monoisotopic (exact) mass is 348 g/mol. The molecule has 0 aliphatic rings. The van der Waals surface area contributed by atoms with E-state index in [-0.39, 0.29) is 17.5 Å². The van der Waals surface area contributed by atoms with Gasteiger partial charge in [-0.05, 0) is 55.3 Å². The van der Waals surface area contributed by atoms with E-state index in [2.05, 4.69) is 5.32 Å². The van der Waals surface area contributed by atoms with Gasteiger partial charge in [0.25, 0.3) is 0 Å². The van der Waals surface area contributed by atoms with Gasteiger partial charge in [0.05, 0.1) is 5.02 Å². The van der Waals surface area contributed by atoms with E-state index < -0.39 is 11.7 Å². The summed E-state index contributed by atoms with van der Waals surface area (Å²) in [5, 5.41) is 2.53. The summed E-state index contributed by atoms with van der Waals surface area (Å²) in [7, 11) is 0. The fourth-order valence-electron chi connectivity index (χ4n) is 2.20. The molecule has 0 heterocycles. The van der Waals surface area contributed by atoms with E-state index in [4.69, 9.17) is 11.6 Å². The molecule has 0 aliphatic heterocycles. The Hall–Kier alpha value is -2.40. The van der Waals surface area contributed by atoms with Crippen LogP contribution >= 0.6 is 11.6 Å². The van der Waals surface area contributed by atoms with Gasteiger partial charge in [0.1, 0.15) is 12.4 Å². The number of aryl methyl sites for hydroxylation is 2. The number of nitrogens with zero attached hydrogens (tertiary/aromatic N) is 1. The zero-order valence-corrected chi connectivity index (χ0v) is 14.4. The van der Waals surface area contributed by atoms with E-state index in [0.29, 0.717) is 11.4 Å². The number of hydrogen-bond donors (Lipinski definition) is 1. The van der Waals surface area contributed by atoms with Gasteiger partial charge in [0.15, 0.2) is 0 Å². The lowest BCUT2D eigenvalue weighted by Gasteiger charge is -2.21. The zero-order chi connectivity index (χ0) is 17.9. The maximum Gasteiger partial charge on any atom is 0.244 e. The lowest BCUT2D eigenvalue weighted by molar-refractivity contribution is -0.120. The standard InChI is InChI=1S/C18H18ClFN2O2/c1-11-4-6-15(8-12(11)2)22(13(3)23)10-18(24)21-14-5-7-17(20)16(19)9-14/h4-9H,10H2,1-3H3,(H,21,24). The van der Waals surface area contributed by atoms with Crippen molar-refractivity contribution in [1.82, 2.24) is 0 Å². The van der Waals surface area contributed by atoms with Gasteiger partial charge in [-0.15, -0.1) is 0 Å². The molecule has 0 atom stereocenters. The normalized spacial score (nSPS) is 10.4. The van der Waals surface area contributed by atoms with E-state index in [1.54, 1.807) is 6.07 Å². The van der Waals surface area contributed by atoms with Gasteiger partial charge in [0, 0.05) is 18.3 Å². The molecule has 2 aromatic rings. The average molecular weight is 349 g/mol. The Morgan fingerprint density at radius 2 is 1.83 bits per heavy atom. The van der Waals surface area contributed by atoms with Crippen molar-refractivity contribution in [3.05, 3.63) is 58.4 Å². The minimum Gasteiger partial charge on any atom is -0.324 e. The molecule has 2 aromatic carbocycles. The predicted molar refractivity (Wildman–Crippen MR) is 94.0 cm³/mol. The minimum atomic E-state index is -0.560. The third-order valence-electron chi connectivity index (χ3n) is 3.69. The van der Waals surface area contributed by atoms with Gasteiger partial charge in [-0.1, -0.05) is 17.7 Å². The number of benzene rings is 2. The lowest BCUT2D eigenvalue weighted by Crippen LogP contribution is -2.36. The minimum absolute atomic E-state index is 0.0783. The summed E-state index contributed by atoms with van der Waals surface area (Å²) in [6.07, 6.45) is 0. The summed E-state index contributed by atoms with van der Waals surface area (Å²) >= 11 is 5.69. The summed E-state index contributed by atoms with van der Waals surface area (Å²) in [4.78, 5) is 25.5. The number of nitrogens with one attached hydrogen (secondary N) is 1. The van der Waals surface area contributed by atoms with Crippen LogP contribution in [-0.4, -0.2) is 18.4 Å². The molecule has 0 saturated carbocycles. The first-order valence-corrected chi connectivity index (χ1v) is 7.76. The molecule has 4 nitrogen and oxygen atoms in total. The Balaban J connectivity index is 2.15. The summed E-state index contributed by atoms with van der Waals surface area (Å²) in [6.45, 7) is 5.17. The third kappa shape index (κ3) is 4.32. The van der Waals surface area contributed by atoms with Gasteiger partial charge in [-0.2, -0.15) is 0 Å². The van der Waals surface area contributed by atoms with E-state index >= 15 is 0 Å². The van der Waals surface area contributed by atoms with Crippen LogP contribution in [0, 0.1) is 19.7 Å². The first-order chi connectivity index (χ1) is 11.3. The van der Waals surface area contributed by atoms with Gasteiger partial charge in [-0.25, -0.2) is 4.39 Å². The highest BCUT2D eigenvalue weighted by Gasteiger charge is 2.16. The van der Waals surface area contributed by atoms with Crippen molar-refractivity contribution in [2.45, 2.75) is 20.8 Å². The van der Waals surface area contributed by atoms with Gasteiger partial charge >= 0.3 is 0 Å². The number of amides is 2. The second kappa shape index (κ2) is 7.45. The molecule has 6 heteroatoms. The molecule has 2 amide bonds. The van der Waals surface area contributed by atoms with E-state index in [1.807, 2.05) is 26.0 Å². The van der Waals surface area contributed by atoms with Crippen molar-refractivity contribution in [2.24, 2.45) is 0 Å². The number of carbonyl (C=O) groups is 2. The average Bonchev–Trinajstić information content (AvgIpc) is 2.51. The summed E-state index contributed by atoms with van der Waals surface area (Å²) in [5.74, 6) is -1.20. The molecule has 0 bridgehead atoms. The molecule has 126 valence electrons. The third-order valence-corrected chi connectivity index (χ3v) is 3.98. The molecule has 0 aromatic heterocycles. The number of halogens is 2. The van der Waals surface area contributed by atoms with Crippen LogP contribution in [-0.2, 0) is 9.59 Å². The SMILES string of the molecule is CC(=O)N(CC(=O)Nc1ccc(F)c(Cl)c1)c1ccc(C)c(C)c1. The first-order valence-electron chi connectivity index (χ1n) is 7.38. The fourth-order valence-corrected chi connectivity index (χ4v) is 2.38. The molecule has 24 heavy (non-hydrogen) atoms. The molecular formula is C18H18ClFN2O2. The molecule has 0 unspecified atom stereocenters. The van der Waals surface area contributed by atoms with E-state index in [0.717, 1.165) is 11.1 Å². The molecular weight excluding hydrogens is 331 g/mol. The maximum atomic E-state index is 13.1. The Morgan fingerprint density at radius 1 is 1.12 bits per heavy atom. The predicted octanol–water partition coefficient (Wildman–Crippen LogP) is 4.09. The van der Waals surface area contributed by atoms with Crippen LogP contribution in [0.3, 0.4) is 0 Å². The summed E-state index contributed by atoms with van der Waals surface area (Å²) in [5.41, 5.74) is 3.16. The van der Waals surface area contributed by atoms with Crippen molar-refractivity contribution in [1.29, 1.82) is 0 Å². The van der Waals surface area contributed by atoms with Crippen molar-refractivity contribution < 1.29 is 14.0 Å². The Morgan fingerprint density at radius 3 is 2.42 bits per heavy atom. The van der Waals surface area contributed by atoms with Gasteiger partial charge < -0.3 is 10.2 Å². The second-order valence-electron chi connectivity index (χ2n) is 5.55. The van der Waals surface area contributed by atoms with E-state index in [1.165, 1.54) is 30.0 Å². The highest BCUT2D eigenvalue weighted by atomic mass is 35.5. The summed E-state index contributed by atoms with van der Waals surface area (Å²) < 4.78 is 13.1.